The highest BCUT2D eigenvalue weighted by atomic mass is 79.9. The first-order valence-electron chi connectivity index (χ1n) is 22.5. The number of sulfone groups is 2. The fourth-order valence-electron chi connectivity index (χ4n) is 8.69. The number of carboxylic acid groups (broad SMARTS) is 1. The van der Waals surface area contributed by atoms with E-state index in [0.29, 0.717) is 86.1 Å². The molecule has 0 saturated heterocycles. The van der Waals surface area contributed by atoms with Gasteiger partial charge in [-0.15, -0.1) is 0 Å². The number of amides is 2. The van der Waals surface area contributed by atoms with Gasteiger partial charge in [-0.3, -0.25) is 19.0 Å². The molecule has 0 radical (unpaired) electrons. The standard InChI is InChI=1S/C22H25N3O6S.C17H19N3O4.C7H11BrO2S/c1-31-15-4-2-14(3-5-15)12-25-19-17(18(23-25)21(27)28)8-11-24(20(19)26)13-22(9-10-22)32(29,30)16-6-7-16;1-3-24-17(22)14-13-8-9-18-16(21)15(13)20(19-14)10-11-4-6-12(23-2)7-5-11;8-5-7(3-4-7)11(9,10)6-1-2-6/h2-5,16H,6-13H2,1H3,(H,27,28);4-7H,3,8-10H2,1-2H3,(H,18,21);6H,1-5H2. The maximum Gasteiger partial charge on any atom is 0.359 e. The first-order valence-corrected chi connectivity index (χ1v) is 26.7. The summed E-state index contributed by atoms with van der Waals surface area (Å²) in [6, 6.07) is 14.7. The number of esters is 1. The third-order valence-electron chi connectivity index (χ3n) is 13.2. The molecule has 6 aliphatic rings. The van der Waals surface area contributed by atoms with E-state index < -0.39 is 36.4 Å². The number of carboxylic acids is 1. The van der Waals surface area contributed by atoms with Crippen LogP contribution in [-0.2, 0) is 50.3 Å². The monoisotopic (exact) mass is 1030 g/mol. The van der Waals surface area contributed by atoms with E-state index >= 15 is 0 Å². The molecule has 4 aliphatic carbocycles. The van der Waals surface area contributed by atoms with Crippen molar-refractivity contribution < 1.29 is 55.3 Å². The Kier molecular flexibility index (Phi) is 13.7. The van der Waals surface area contributed by atoms with Crippen molar-refractivity contribution in [3.05, 3.63) is 93.6 Å². The van der Waals surface area contributed by atoms with E-state index in [4.69, 9.17) is 14.2 Å². The number of hydrogen-bond acceptors (Lipinski definition) is 13. The molecular formula is C46H55BrN6O12S2. The maximum absolute atomic E-state index is 13.4. The molecule has 10 rings (SSSR count). The number of aromatic carboxylic acids is 1. The van der Waals surface area contributed by atoms with Crippen molar-refractivity contribution in [1.29, 1.82) is 0 Å². The first kappa shape index (κ1) is 48.2. The van der Waals surface area contributed by atoms with Gasteiger partial charge in [-0.1, -0.05) is 40.2 Å². The lowest BCUT2D eigenvalue weighted by Crippen LogP contribution is -2.47. The molecule has 2 N–H and O–H groups in total. The van der Waals surface area contributed by atoms with Crippen LogP contribution in [0.1, 0.15) is 122 Å². The van der Waals surface area contributed by atoms with Crippen molar-refractivity contribution in [3.8, 4) is 11.5 Å². The van der Waals surface area contributed by atoms with Crippen molar-refractivity contribution in [1.82, 2.24) is 29.8 Å². The predicted octanol–water partition coefficient (Wildman–Crippen LogP) is 4.64. The quantitative estimate of drug-likeness (QED) is 0.115. The number of hydrogen-bond donors (Lipinski definition) is 2. The van der Waals surface area contributed by atoms with E-state index in [9.17, 15) is 41.1 Å². The molecule has 0 atom stereocenters. The summed E-state index contributed by atoms with van der Waals surface area (Å²) in [6.45, 7) is 3.58. The molecule has 0 unspecified atom stereocenters. The molecule has 2 aromatic heterocycles. The van der Waals surface area contributed by atoms with Crippen molar-refractivity contribution >= 4 is 59.4 Å². The van der Waals surface area contributed by atoms with Gasteiger partial charge in [-0.25, -0.2) is 26.4 Å². The van der Waals surface area contributed by atoms with E-state index in [1.54, 1.807) is 42.9 Å². The molecule has 4 heterocycles. The van der Waals surface area contributed by atoms with Gasteiger partial charge in [0.25, 0.3) is 11.8 Å². The van der Waals surface area contributed by atoms with Crippen molar-refractivity contribution in [2.75, 3.05) is 45.8 Å². The van der Waals surface area contributed by atoms with Crippen LogP contribution in [0.5, 0.6) is 11.5 Å². The van der Waals surface area contributed by atoms with E-state index in [1.807, 2.05) is 36.4 Å². The highest BCUT2D eigenvalue weighted by Gasteiger charge is 2.61. The lowest BCUT2D eigenvalue weighted by atomic mass is 10.0. The van der Waals surface area contributed by atoms with E-state index in [1.165, 1.54) is 4.68 Å². The Balaban J connectivity index is 0.000000152. The molecule has 360 valence electrons. The second-order valence-corrected chi connectivity index (χ2v) is 23.7. The molecule has 0 spiro atoms. The Bertz CT molecular complexity index is 2770. The van der Waals surface area contributed by atoms with Gasteiger partial charge in [0.05, 0.1) is 53.9 Å². The summed E-state index contributed by atoms with van der Waals surface area (Å²) >= 11 is 3.29. The second kappa shape index (κ2) is 19.0. The average molecular weight is 1030 g/mol. The minimum Gasteiger partial charge on any atom is -0.497 e. The molecule has 67 heavy (non-hydrogen) atoms. The Morgan fingerprint density at radius 2 is 1.25 bits per heavy atom. The number of nitrogens with zero attached hydrogens (tertiary/aromatic N) is 5. The summed E-state index contributed by atoms with van der Waals surface area (Å²) in [5, 5.41) is 21.4. The van der Waals surface area contributed by atoms with Crippen LogP contribution in [0.25, 0.3) is 0 Å². The number of fused-ring (bicyclic) bond motifs is 2. The summed E-state index contributed by atoms with van der Waals surface area (Å²) < 4.78 is 66.4. The average Bonchev–Trinajstić information content (AvgIpc) is 4.10. The van der Waals surface area contributed by atoms with Crippen LogP contribution < -0.4 is 14.8 Å². The Morgan fingerprint density at radius 1 is 0.761 bits per heavy atom. The van der Waals surface area contributed by atoms with E-state index in [-0.39, 0.29) is 63.8 Å². The Labute approximate surface area is 397 Å². The third kappa shape index (κ3) is 9.73. The number of carbonyl (C=O) groups is 4. The van der Waals surface area contributed by atoms with Gasteiger partial charge in [0.15, 0.2) is 31.1 Å². The van der Waals surface area contributed by atoms with Crippen LogP contribution in [0.15, 0.2) is 48.5 Å². The van der Waals surface area contributed by atoms with Gasteiger partial charge in [0.2, 0.25) is 0 Å². The van der Waals surface area contributed by atoms with Gasteiger partial charge in [-0.05, 0) is 107 Å². The van der Waals surface area contributed by atoms with E-state index in [2.05, 4.69) is 31.4 Å². The highest BCUT2D eigenvalue weighted by Crippen LogP contribution is 2.52. The molecule has 21 heteroatoms. The lowest BCUT2D eigenvalue weighted by Gasteiger charge is -2.31. The number of rotatable bonds is 16. The summed E-state index contributed by atoms with van der Waals surface area (Å²) in [5.74, 6) is -0.782. The van der Waals surface area contributed by atoms with Gasteiger partial charge >= 0.3 is 11.9 Å². The Morgan fingerprint density at radius 3 is 1.72 bits per heavy atom. The lowest BCUT2D eigenvalue weighted by molar-refractivity contribution is 0.0516. The molecule has 2 amide bonds. The molecule has 18 nitrogen and oxygen atoms in total. The minimum absolute atomic E-state index is 0.0162. The summed E-state index contributed by atoms with van der Waals surface area (Å²) in [6.07, 6.45) is 7.02. The van der Waals surface area contributed by atoms with E-state index in [0.717, 1.165) is 42.6 Å². The fourth-order valence-corrected chi connectivity index (χ4v) is 15.0. The number of methoxy groups -OCH3 is 2. The predicted molar refractivity (Wildman–Crippen MR) is 249 cm³/mol. The smallest absolute Gasteiger partial charge is 0.359 e. The molecule has 2 aliphatic heterocycles. The molecule has 2 aromatic carbocycles. The SMILES string of the molecule is CCOC(=O)c1nn(Cc2ccc(OC)cc2)c2c1CCNC2=O.COc1ccc(Cn2nc(C(=O)O)c3c2C(=O)N(CC2(S(=O)(=O)C4CC4)CC2)CC3)cc1.O=S(=O)(C1CC1)C1(CBr)CC1. The number of aromatic nitrogens is 4. The number of halogens is 1. The largest absolute Gasteiger partial charge is 0.497 e. The van der Waals surface area contributed by atoms with Crippen LogP contribution in [0.2, 0.25) is 0 Å². The van der Waals surface area contributed by atoms with Gasteiger partial charge in [0.1, 0.15) is 22.9 Å². The van der Waals surface area contributed by atoms with Crippen molar-refractivity contribution in [3.63, 3.8) is 0 Å². The highest BCUT2D eigenvalue weighted by molar-refractivity contribution is 9.09. The summed E-state index contributed by atoms with van der Waals surface area (Å²) in [7, 11) is -2.82. The number of nitrogens with one attached hydrogen (secondary N) is 1. The first-order chi connectivity index (χ1) is 32.0. The van der Waals surface area contributed by atoms with Gasteiger partial charge in [-0.2, -0.15) is 10.2 Å². The topological polar surface area (TPSA) is 235 Å². The second-order valence-electron chi connectivity index (χ2n) is 17.9. The Hall–Kier alpha value is -5.28. The van der Waals surface area contributed by atoms with Crippen LogP contribution >= 0.6 is 15.9 Å². The van der Waals surface area contributed by atoms with Gasteiger partial charge < -0.3 is 29.5 Å². The zero-order valence-corrected chi connectivity index (χ0v) is 40.9. The van der Waals surface area contributed by atoms with Crippen LogP contribution in [0.4, 0.5) is 0 Å². The molecule has 4 fully saturated rings. The molecule has 4 saturated carbocycles. The molecule has 4 aromatic rings. The number of carbonyl (C=O) groups excluding carboxylic acids is 3. The normalized spacial score (nSPS) is 18.7. The van der Waals surface area contributed by atoms with Crippen LogP contribution in [0.3, 0.4) is 0 Å². The number of ether oxygens (including phenoxy) is 3. The third-order valence-corrected chi connectivity index (χ3v) is 20.9. The fraction of sp³-hybridized carbons (Fsp3) is 0.522. The summed E-state index contributed by atoms with van der Waals surface area (Å²) in [4.78, 5) is 51.2. The minimum atomic E-state index is -3.25. The zero-order valence-electron chi connectivity index (χ0n) is 37.7. The van der Waals surface area contributed by atoms with Crippen LogP contribution in [-0.4, -0.2) is 136 Å². The number of alkyl halides is 1. The summed E-state index contributed by atoms with van der Waals surface area (Å²) in [5.41, 5.74) is 3.66. The van der Waals surface area contributed by atoms with Crippen molar-refractivity contribution in [2.45, 2.75) is 104 Å². The van der Waals surface area contributed by atoms with Gasteiger partial charge in [0, 0.05) is 36.1 Å². The zero-order chi connectivity index (χ0) is 47.9. The van der Waals surface area contributed by atoms with Crippen LogP contribution in [0, 0.1) is 0 Å². The maximum atomic E-state index is 13.4. The molecular weight excluding hydrogens is 973 g/mol. The molecule has 0 bridgehead atoms. The number of benzene rings is 2. The van der Waals surface area contributed by atoms with Crippen molar-refractivity contribution in [2.24, 2.45) is 0 Å².